The Kier molecular flexibility index (Phi) is 6.75. The van der Waals surface area contributed by atoms with Gasteiger partial charge in [-0.25, -0.2) is 0 Å². The number of anilines is 1. The second-order valence-corrected chi connectivity index (χ2v) is 5.87. The van der Waals surface area contributed by atoms with Crippen LogP contribution in [-0.2, 0) is 6.54 Å². The van der Waals surface area contributed by atoms with Crippen LogP contribution in [0.25, 0.3) is 0 Å². The predicted octanol–water partition coefficient (Wildman–Crippen LogP) is 4.96. The number of hydrogen-bond acceptors (Lipinski definition) is 3. The maximum atomic E-state index is 6.12. The van der Waals surface area contributed by atoms with E-state index in [2.05, 4.69) is 53.5 Å². The van der Waals surface area contributed by atoms with Crippen molar-refractivity contribution in [2.24, 2.45) is 5.10 Å². The van der Waals surface area contributed by atoms with Crippen LogP contribution < -0.4 is 10.3 Å². The normalized spacial score (nSPS) is 11.0. The molecule has 2 aromatic carbocycles. The van der Waals surface area contributed by atoms with Crippen LogP contribution in [0.1, 0.15) is 25.0 Å². The van der Waals surface area contributed by atoms with Crippen molar-refractivity contribution >= 4 is 35.1 Å². The lowest BCUT2D eigenvalue weighted by Gasteiger charge is -2.20. The van der Waals surface area contributed by atoms with Crippen molar-refractivity contribution in [3.63, 3.8) is 0 Å². The summed E-state index contributed by atoms with van der Waals surface area (Å²) in [6, 6.07) is 13.8. The van der Waals surface area contributed by atoms with E-state index in [-0.39, 0.29) is 0 Å². The fourth-order valence-corrected chi connectivity index (χ4v) is 2.84. The molecular formula is C18H21Cl2N3. The molecule has 122 valence electrons. The minimum atomic E-state index is 0.493. The van der Waals surface area contributed by atoms with E-state index in [1.165, 1.54) is 5.69 Å². The Balaban J connectivity index is 1.93. The Morgan fingerprint density at radius 3 is 2.17 bits per heavy atom. The smallest absolute Gasteiger partial charge is 0.0609 e. The van der Waals surface area contributed by atoms with Crippen LogP contribution in [0.2, 0.25) is 10.0 Å². The molecular weight excluding hydrogens is 329 g/mol. The number of nitrogens with zero attached hydrogens (tertiary/aromatic N) is 2. The molecule has 2 aromatic rings. The summed E-state index contributed by atoms with van der Waals surface area (Å²) in [5.41, 5.74) is 6.10. The first-order chi connectivity index (χ1) is 11.2. The quantitative estimate of drug-likeness (QED) is 0.564. The van der Waals surface area contributed by atoms with E-state index in [1.807, 2.05) is 18.2 Å². The molecule has 0 aliphatic heterocycles. The molecule has 0 atom stereocenters. The molecule has 0 saturated heterocycles. The van der Waals surface area contributed by atoms with Crippen molar-refractivity contribution in [2.75, 3.05) is 18.0 Å². The first-order valence-corrected chi connectivity index (χ1v) is 8.45. The van der Waals surface area contributed by atoms with E-state index in [4.69, 9.17) is 23.2 Å². The number of hydrogen-bond donors (Lipinski definition) is 1. The third kappa shape index (κ3) is 4.88. The van der Waals surface area contributed by atoms with Gasteiger partial charge in [-0.15, -0.1) is 0 Å². The lowest BCUT2D eigenvalue weighted by molar-refractivity contribution is 0.748. The summed E-state index contributed by atoms with van der Waals surface area (Å²) in [7, 11) is 0. The maximum Gasteiger partial charge on any atom is 0.0609 e. The summed E-state index contributed by atoms with van der Waals surface area (Å²) in [6.07, 6.45) is 1.79. The van der Waals surface area contributed by atoms with Gasteiger partial charge in [-0.2, -0.15) is 5.10 Å². The fraction of sp³-hybridized carbons (Fsp3) is 0.278. The van der Waals surface area contributed by atoms with Crippen molar-refractivity contribution < 1.29 is 0 Å². The molecule has 2 rings (SSSR count). The van der Waals surface area contributed by atoms with Crippen LogP contribution in [0.4, 0.5) is 5.69 Å². The molecule has 0 radical (unpaired) electrons. The minimum Gasteiger partial charge on any atom is -0.372 e. The molecule has 3 nitrogen and oxygen atoms in total. The van der Waals surface area contributed by atoms with Crippen molar-refractivity contribution in [3.05, 3.63) is 63.6 Å². The molecule has 0 aromatic heterocycles. The van der Waals surface area contributed by atoms with Gasteiger partial charge in [-0.1, -0.05) is 41.4 Å². The summed E-state index contributed by atoms with van der Waals surface area (Å²) in [5, 5.41) is 5.51. The number of benzene rings is 2. The molecule has 0 saturated carbocycles. The van der Waals surface area contributed by atoms with Gasteiger partial charge in [0.1, 0.15) is 0 Å². The highest BCUT2D eigenvalue weighted by molar-refractivity contribution is 6.35. The van der Waals surface area contributed by atoms with Crippen LogP contribution in [0.15, 0.2) is 47.6 Å². The highest BCUT2D eigenvalue weighted by Gasteiger charge is 2.04. The molecule has 1 N–H and O–H groups in total. The first kappa shape index (κ1) is 17.6. The lowest BCUT2D eigenvalue weighted by Crippen LogP contribution is -2.21. The Morgan fingerprint density at radius 2 is 1.61 bits per heavy atom. The Labute approximate surface area is 147 Å². The average molecular weight is 350 g/mol. The monoisotopic (exact) mass is 349 g/mol. The van der Waals surface area contributed by atoms with Crippen molar-refractivity contribution in [1.29, 1.82) is 0 Å². The molecule has 23 heavy (non-hydrogen) atoms. The Hall–Kier alpha value is -1.71. The third-order valence-corrected chi connectivity index (χ3v) is 4.35. The third-order valence-electron chi connectivity index (χ3n) is 3.64. The van der Waals surface area contributed by atoms with E-state index < -0.39 is 0 Å². The van der Waals surface area contributed by atoms with Crippen molar-refractivity contribution in [1.82, 2.24) is 5.43 Å². The molecule has 0 amide bonds. The number of nitrogens with one attached hydrogen (secondary N) is 1. The SMILES string of the molecule is CCN(CC)c1ccc(/C=N\NCc2c(Cl)cccc2Cl)cc1. The van der Waals surface area contributed by atoms with E-state index in [0.717, 1.165) is 24.2 Å². The van der Waals surface area contributed by atoms with Crippen molar-refractivity contribution in [3.8, 4) is 0 Å². The predicted molar refractivity (Wildman–Crippen MR) is 101 cm³/mol. The van der Waals surface area contributed by atoms with Gasteiger partial charge >= 0.3 is 0 Å². The summed E-state index contributed by atoms with van der Waals surface area (Å²) in [5.74, 6) is 0. The molecule has 0 fully saturated rings. The number of rotatable bonds is 7. The lowest BCUT2D eigenvalue weighted by atomic mass is 10.2. The van der Waals surface area contributed by atoms with Crippen LogP contribution >= 0.6 is 23.2 Å². The first-order valence-electron chi connectivity index (χ1n) is 7.69. The molecule has 0 heterocycles. The minimum absolute atomic E-state index is 0.493. The van der Waals surface area contributed by atoms with Gasteiger partial charge in [0.2, 0.25) is 0 Å². The molecule has 0 aliphatic rings. The van der Waals surface area contributed by atoms with Gasteiger partial charge in [0, 0.05) is 34.4 Å². The average Bonchev–Trinajstić information content (AvgIpc) is 2.56. The van der Waals surface area contributed by atoms with Gasteiger partial charge in [0.25, 0.3) is 0 Å². The summed E-state index contributed by atoms with van der Waals surface area (Å²) < 4.78 is 0. The van der Waals surface area contributed by atoms with Crippen LogP contribution in [0.5, 0.6) is 0 Å². The second kappa shape index (κ2) is 8.80. The fourth-order valence-electron chi connectivity index (χ4n) is 2.31. The second-order valence-electron chi connectivity index (χ2n) is 5.06. The van der Waals surface area contributed by atoms with Gasteiger partial charge in [-0.05, 0) is 43.7 Å². The topological polar surface area (TPSA) is 27.6 Å². The zero-order valence-corrected chi connectivity index (χ0v) is 14.9. The summed E-state index contributed by atoms with van der Waals surface area (Å²) in [4.78, 5) is 2.30. The molecule has 0 spiro atoms. The molecule has 0 bridgehead atoms. The van der Waals surface area contributed by atoms with Gasteiger partial charge in [-0.3, -0.25) is 0 Å². The Morgan fingerprint density at radius 1 is 1.00 bits per heavy atom. The number of hydrazone groups is 1. The zero-order chi connectivity index (χ0) is 16.7. The van der Waals surface area contributed by atoms with E-state index in [1.54, 1.807) is 6.21 Å². The molecule has 0 unspecified atom stereocenters. The van der Waals surface area contributed by atoms with Gasteiger partial charge < -0.3 is 10.3 Å². The van der Waals surface area contributed by atoms with Crippen LogP contribution in [0, 0.1) is 0 Å². The summed E-state index contributed by atoms with van der Waals surface area (Å²) >= 11 is 12.2. The zero-order valence-electron chi connectivity index (χ0n) is 13.4. The van der Waals surface area contributed by atoms with Crippen LogP contribution in [-0.4, -0.2) is 19.3 Å². The van der Waals surface area contributed by atoms with E-state index in [9.17, 15) is 0 Å². The van der Waals surface area contributed by atoms with Crippen LogP contribution in [0.3, 0.4) is 0 Å². The maximum absolute atomic E-state index is 6.12. The Bertz CT molecular complexity index is 630. The number of halogens is 2. The summed E-state index contributed by atoms with van der Waals surface area (Å²) in [6.45, 7) is 6.81. The highest BCUT2D eigenvalue weighted by atomic mass is 35.5. The molecule has 0 aliphatic carbocycles. The highest BCUT2D eigenvalue weighted by Crippen LogP contribution is 2.23. The van der Waals surface area contributed by atoms with E-state index in [0.29, 0.717) is 16.6 Å². The standard InChI is InChI=1S/C18H21Cl2N3/c1-3-23(4-2)15-10-8-14(9-11-15)12-21-22-13-16-17(19)6-5-7-18(16)20/h5-12,22H,3-4,13H2,1-2H3/b21-12-. The largest absolute Gasteiger partial charge is 0.372 e. The van der Waals surface area contributed by atoms with Gasteiger partial charge in [0.15, 0.2) is 0 Å². The molecule has 5 heteroatoms. The van der Waals surface area contributed by atoms with Gasteiger partial charge in [0.05, 0.1) is 12.8 Å². The van der Waals surface area contributed by atoms with Crippen molar-refractivity contribution in [2.45, 2.75) is 20.4 Å². The van der Waals surface area contributed by atoms with E-state index >= 15 is 0 Å².